The van der Waals surface area contributed by atoms with Gasteiger partial charge in [-0.05, 0) is 49.4 Å². The summed E-state index contributed by atoms with van der Waals surface area (Å²) in [6.07, 6.45) is 2.28. The Hall–Kier alpha value is -0.530. The molecule has 0 bridgehead atoms. The summed E-state index contributed by atoms with van der Waals surface area (Å²) in [5.41, 5.74) is 1.68. The Morgan fingerprint density at radius 1 is 1.24 bits per heavy atom. The zero-order valence-electron chi connectivity index (χ0n) is 11.4. The highest BCUT2D eigenvalue weighted by molar-refractivity contribution is 6.30. The Kier molecular flexibility index (Phi) is 5.48. The molecule has 0 aliphatic heterocycles. The molecule has 0 heterocycles. The van der Waals surface area contributed by atoms with Crippen molar-refractivity contribution < 1.29 is 0 Å². The van der Waals surface area contributed by atoms with Crippen LogP contribution in [0.1, 0.15) is 39.7 Å². The summed E-state index contributed by atoms with van der Waals surface area (Å²) < 4.78 is 0. The lowest BCUT2D eigenvalue weighted by Gasteiger charge is -2.28. The SMILES string of the molecule is CCNC(C)CC(C)(C)Cc1ccc(Cl)cc1. The van der Waals surface area contributed by atoms with E-state index in [1.807, 2.05) is 12.1 Å². The van der Waals surface area contributed by atoms with E-state index in [1.165, 1.54) is 12.0 Å². The van der Waals surface area contributed by atoms with E-state index in [2.05, 4.69) is 45.1 Å². The largest absolute Gasteiger partial charge is 0.315 e. The van der Waals surface area contributed by atoms with Gasteiger partial charge in [0.15, 0.2) is 0 Å². The van der Waals surface area contributed by atoms with Crippen molar-refractivity contribution >= 4 is 11.6 Å². The van der Waals surface area contributed by atoms with Gasteiger partial charge in [0.2, 0.25) is 0 Å². The fraction of sp³-hybridized carbons (Fsp3) is 0.600. The van der Waals surface area contributed by atoms with Gasteiger partial charge in [0.25, 0.3) is 0 Å². The number of rotatable bonds is 6. The Bertz CT molecular complexity index is 329. The van der Waals surface area contributed by atoms with Gasteiger partial charge in [-0.2, -0.15) is 0 Å². The third-order valence-electron chi connectivity index (χ3n) is 3.01. The third kappa shape index (κ3) is 5.56. The summed E-state index contributed by atoms with van der Waals surface area (Å²) in [6.45, 7) is 10.1. The summed E-state index contributed by atoms with van der Waals surface area (Å²) in [5.74, 6) is 0. The van der Waals surface area contributed by atoms with Crippen LogP contribution >= 0.6 is 11.6 Å². The van der Waals surface area contributed by atoms with Crippen molar-refractivity contribution in [2.24, 2.45) is 5.41 Å². The Morgan fingerprint density at radius 2 is 1.82 bits per heavy atom. The van der Waals surface area contributed by atoms with Crippen LogP contribution in [-0.4, -0.2) is 12.6 Å². The van der Waals surface area contributed by atoms with Gasteiger partial charge in [-0.25, -0.2) is 0 Å². The van der Waals surface area contributed by atoms with E-state index in [-0.39, 0.29) is 0 Å². The van der Waals surface area contributed by atoms with E-state index in [1.54, 1.807) is 0 Å². The van der Waals surface area contributed by atoms with Crippen molar-refractivity contribution in [1.29, 1.82) is 0 Å². The zero-order valence-corrected chi connectivity index (χ0v) is 12.1. The molecule has 1 aromatic carbocycles. The van der Waals surface area contributed by atoms with Crippen LogP contribution in [0.3, 0.4) is 0 Å². The van der Waals surface area contributed by atoms with Crippen LogP contribution in [0.15, 0.2) is 24.3 Å². The molecule has 1 unspecified atom stereocenters. The average molecular weight is 254 g/mol. The second kappa shape index (κ2) is 6.42. The molecular weight excluding hydrogens is 230 g/mol. The first-order chi connectivity index (χ1) is 7.93. The fourth-order valence-electron chi connectivity index (χ4n) is 2.48. The van der Waals surface area contributed by atoms with Crippen LogP contribution in [0.5, 0.6) is 0 Å². The molecule has 0 amide bonds. The van der Waals surface area contributed by atoms with Crippen molar-refractivity contribution in [3.8, 4) is 0 Å². The molecule has 1 nitrogen and oxygen atoms in total. The van der Waals surface area contributed by atoms with Crippen LogP contribution in [-0.2, 0) is 6.42 Å². The summed E-state index contributed by atoms with van der Waals surface area (Å²) in [6, 6.07) is 8.77. The van der Waals surface area contributed by atoms with Gasteiger partial charge in [-0.1, -0.05) is 44.5 Å². The second-order valence-electron chi connectivity index (χ2n) is 5.63. The van der Waals surface area contributed by atoms with Crippen LogP contribution in [0.2, 0.25) is 5.02 Å². The summed E-state index contributed by atoms with van der Waals surface area (Å²) in [7, 11) is 0. The minimum Gasteiger partial charge on any atom is -0.315 e. The minimum absolute atomic E-state index is 0.315. The summed E-state index contributed by atoms with van der Waals surface area (Å²) in [5, 5.41) is 4.29. The van der Waals surface area contributed by atoms with Gasteiger partial charge in [-0.15, -0.1) is 0 Å². The van der Waals surface area contributed by atoms with E-state index < -0.39 is 0 Å². The maximum Gasteiger partial charge on any atom is 0.0406 e. The molecule has 96 valence electrons. The maximum atomic E-state index is 5.90. The zero-order chi connectivity index (χ0) is 12.9. The summed E-state index contributed by atoms with van der Waals surface area (Å²) >= 11 is 5.90. The van der Waals surface area contributed by atoms with Gasteiger partial charge < -0.3 is 5.32 Å². The van der Waals surface area contributed by atoms with Gasteiger partial charge in [0.1, 0.15) is 0 Å². The second-order valence-corrected chi connectivity index (χ2v) is 6.07. The van der Waals surface area contributed by atoms with Gasteiger partial charge in [0, 0.05) is 11.1 Å². The van der Waals surface area contributed by atoms with Crippen molar-refractivity contribution in [2.45, 2.75) is 46.6 Å². The molecule has 2 heteroatoms. The predicted octanol–water partition coefficient (Wildman–Crippen LogP) is 4.30. The molecule has 0 radical (unpaired) electrons. The van der Waals surface area contributed by atoms with Gasteiger partial charge in [0.05, 0.1) is 0 Å². The molecule has 17 heavy (non-hydrogen) atoms. The number of halogens is 1. The van der Waals surface area contributed by atoms with Crippen molar-refractivity contribution in [3.63, 3.8) is 0 Å². The van der Waals surface area contributed by atoms with Crippen LogP contribution in [0, 0.1) is 5.41 Å². The van der Waals surface area contributed by atoms with E-state index in [0.717, 1.165) is 18.0 Å². The average Bonchev–Trinajstić information content (AvgIpc) is 2.20. The third-order valence-corrected chi connectivity index (χ3v) is 3.26. The van der Waals surface area contributed by atoms with Gasteiger partial charge >= 0.3 is 0 Å². The first kappa shape index (κ1) is 14.5. The lowest BCUT2D eigenvalue weighted by molar-refractivity contribution is 0.289. The van der Waals surface area contributed by atoms with Crippen molar-refractivity contribution in [1.82, 2.24) is 5.32 Å². The topological polar surface area (TPSA) is 12.0 Å². The molecule has 0 fully saturated rings. The van der Waals surface area contributed by atoms with Crippen molar-refractivity contribution in [3.05, 3.63) is 34.9 Å². The highest BCUT2D eigenvalue weighted by atomic mass is 35.5. The lowest BCUT2D eigenvalue weighted by atomic mass is 9.80. The first-order valence-corrected chi connectivity index (χ1v) is 6.78. The minimum atomic E-state index is 0.315. The first-order valence-electron chi connectivity index (χ1n) is 6.41. The van der Waals surface area contributed by atoms with E-state index in [4.69, 9.17) is 11.6 Å². The molecule has 1 aromatic rings. The Labute approximate surface area is 111 Å². The molecule has 0 aliphatic carbocycles. The maximum absolute atomic E-state index is 5.90. The number of nitrogens with one attached hydrogen (secondary N) is 1. The number of benzene rings is 1. The molecule has 0 aliphatic rings. The number of hydrogen-bond acceptors (Lipinski definition) is 1. The highest BCUT2D eigenvalue weighted by Crippen LogP contribution is 2.28. The molecular formula is C15H24ClN. The lowest BCUT2D eigenvalue weighted by Crippen LogP contribution is -2.32. The van der Waals surface area contributed by atoms with Crippen LogP contribution < -0.4 is 5.32 Å². The molecule has 0 saturated carbocycles. The Morgan fingerprint density at radius 3 is 2.35 bits per heavy atom. The molecule has 0 aromatic heterocycles. The molecule has 1 rings (SSSR count). The van der Waals surface area contributed by atoms with Crippen molar-refractivity contribution in [2.75, 3.05) is 6.54 Å². The molecule has 0 spiro atoms. The van der Waals surface area contributed by atoms with Crippen LogP contribution in [0.4, 0.5) is 0 Å². The van der Waals surface area contributed by atoms with Crippen LogP contribution in [0.25, 0.3) is 0 Å². The normalized spacial score (nSPS) is 13.7. The summed E-state index contributed by atoms with van der Waals surface area (Å²) in [4.78, 5) is 0. The monoisotopic (exact) mass is 253 g/mol. The molecule has 0 saturated heterocycles. The highest BCUT2D eigenvalue weighted by Gasteiger charge is 2.21. The number of hydrogen-bond donors (Lipinski definition) is 1. The fourth-order valence-corrected chi connectivity index (χ4v) is 2.60. The smallest absolute Gasteiger partial charge is 0.0406 e. The molecule has 1 N–H and O–H groups in total. The predicted molar refractivity (Wildman–Crippen MR) is 76.7 cm³/mol. The van der Waals surface area contributed by atoms with Gasteiger partial charge in [-0.3, -0.25) is 0 Å². The standard InChI is InChI=1S/C15H24ClN/c1-5-17-12(2)10-15(3,4)11-13-6-8-14(16)9-7-13/h6-9,12,17H,5,10-11H2,1-4H3. The van der Waals surface area contributed by atoms with E-state index >= 15 is 0 Å². The molecule has 1 atom stereocenters. The Balaban J connectivity index is 2.56. The quantitative estimate of drug-likeness (QED) is 0.797. The van der Waals surface area contributed by atoms with E-state index in [0.29, 0.717) is 11.5 Å². The van der Waals surface area contributed by atoms with E-state index in [9.17, 15) is 0 Å².